The first-order valence-corrected chi connectivity index (χ1v) is 9.43. The molecule has 0 aliphatic rings. The standard InChI is InChI=1S/C21H22N2O2S/c1-4-25-17-12-9-16(10-13-17)11-14-20(24)23(3)15(2)21-22-18-7-5-6-8-19(18)26-21/h5-15H,4H2,1-3H3/b14-11+/t15-/m1/s1. The highest BCUT2D eigenvalue weighted by molar-refractivity contribution is 7.18. The van der Waals surface area contributed by atoms with Gasteiger partial charge in [0.15, 0.2) is 0 Å². The molecule has 3 aromatic rings. The van der Waals surface area contributed by atoms with Gasteiger partial charge in [0.2, 0.25) is 5.91 Å². The maximum absolute atomic E-state index is 12.5. The van der Waals surface area contributed by atoms with E-state index in [2.05, 4.69) is 11.1 Å². The van der Waals surface area contributed by atoms with Crippen LogP contribution in [0.1, 0.15) is 30.5 Å². The van der Waals surface area contributed by atoms with E-state index < -0.39 is 0 Å². The van der Waals surface area contributed by atoms with Gasteiger partial charge in [-0.05, 0) is 49.8 Å². The van der Waals surface area contributed by atoms with E-state index in [0.29, 0.717) is 6.61 Å². The average molecular weight is 366 g/mol. The largest absolute Gasteiger partial charge is 0.494 e. The molecule has 1 amide bonds. The number of ether oxygens (including phenoxy) is 1. The number of aromatic nitrogens is 1. The van der Waals surface area contributed by atoms with Crippen LogP contribution in [0.3, 0.4) is 0 Å². The van der Waals surface area contributed by atoms with Gasteiger partial charge in [-0.1, -0.05) is 24.3 Å². The zero-order valence-electron chi connectivity index (χ0n) is 15.2. The lowest BCUT2D eigenvalue weighted by molar-refractivity contribution is -0.126. The van der Waals surface area contributed by atoms with Crippen LogP contribution in [-0.4, -0.2) is 29.4 Å². The second-order valence-electron chi connectivity index (χ2n) is 5.98. The van der Waals surface area contributed by atoms with Crippen LogP contribution in [0, 0.1) is 0 Å². The van der Waals surface area contributed by atoms with E-state index >= 15 is 0 Å². The summed E-state index contributed by atoms with van der Waals surface area (Å²) >= 11 is 1.63. The van der Waals surface area contributed by atoms with E-state index in [0.717, 1.165) is 26.5 Å². The van der Waals surface area contributed by atoms with Gasteiger partial charge in [-0.3, -0.25) is 4.79 Å². The Morgan fingerprint density at radius 2 is 1.96 bits per heavy atom. The molecule has 0 spiro atoms. The maximum Gasteiger partial charge on any atom is 0.246 e. The summed E-state index contributed by atoms with van der Waals surface area (Å²) in [6.45, 7) is 4.59. The van der Waals surface area contributed by atoms with Gasteiger partial charge in [0, 0.05) is 13.1 Å². The predicted molar refractivity (Wildman–Crippen MR) is 107 cm³/mol. The van der Waals surface area contributed by atoms with Gasteiger partial charge in [-0.15, -0.1) is 11.3 Å². The number of nitrogens with zero attached hydrogens (tertiary/aromatic N) is 2. The van der Waals surface area contributed by atoms with Crippen molar-refractivity contribution in [2.75, 3.05) is 13.7 Å². The molecule has 5 heteroatoms. The fourth-order valence-corrected chi connectivity index (χ4v) is 3.61. The zero-order valence-corrected chi connectivity index (χ0v) is 16.0. The molecule has 134 valence electrons. The number of rotatable bonds is 6. The summed E-state index contributed by atoms with van der Waals surface area (Å²) in [7, 11) is 1.81. The number of hydrogen-bond donors (Lipinski definition) is 0. The molecule has 0 saturated carbocycles. The molecular formula is C21H22N2O2S. The molecule has 4 nitrogen and oxygen atoms in total. The first kappa shape index (κ1) is 18.1. The van der Waals surface area contributed by atoms with Crippen molar-refractivity contribution in [3.05, 3.63) is 65.2 Å². The normalized spacial score (nSPS) is 12.4. The third-order valence-electron chi connectivity index (χ3n) is 4.21. The van der Waals surface area contributed by atoms with Crippen LogP contribution < -0.4 is 4.74 Å². The molecule has 0 unspecified atom stereocenters. The number of thiazole rings is 1. The van der Waals surface area contributed by atoms with Gasteiger partial charge in [0.25, 0.3) is 0 Å². The van der Waals surface area contributed by atoms with Crippen molar-refractivity contribution >= 4 is 33.5 Å². The molecular weight excluding hydrogens is 344 g/mol. The molecule has 0 aliphatic heterocycles. The van der Waals surface area contributed by atoms with Crippen molar-refractivity contribution in [2.45, 2.75) is 19.9 Å². The van der Waals surface area contributed by atoms with Gasteiger partial charge < -0.3 is 9.64 Å². The number of para-hydroxylation sites is 1. The summed E-state index contributed by atoms with van der Waals surface area (Å²) < 4.78 is 6.56. The molecule has 2 aromatic carbocycles. The Labute approximate surface area is 157 Å². The van der Waals surface area contributed by atoms with Gasteiger partial charge in [0.05, 0.1) is 22.9 Å². The van der Waals surface area contributed by atoms with Crippen LogP contribution in [0.15, 0.2) is 54.6 Å². The molecule has 0 saturated heterocycles. The van der Waals surface area contributed by atoms with E-state index in [1.807, 2.05) is 69.4 Å². The number of fused-ring (bicyclic) bond motifs is 1. The Hall–Kier alpha value is -2.66. The van der Waals surface area contributed by atoms with Crippen molar-refractivity contribution < 1.29 is 9.53 Å². The van der Waals surface area contributed by atoms with Gasteiger partial charge >= 0.3 is 0 Å². The molecule has 0 bridgehead atoms. The van der Waals surface area contributed by atoms with Crippen molar-refractivity contribution in [3.63, 3.8) is 0 Å². The van der Waals surface area contributed by atoms with Crippen LogP contribution in [0.2, 0.25) is 0 Å². The minimum Gasteiger partial charge on any atom is -0.494 e. The molecule has 0 radical (unpaired) electrons. The number of amides is 1. The number of hydrogen-bond acceptors (Lipinski definition) is 4. The maximum atomic E-state index is 12.5. The molecule has 3 rings (SSSR count). The van der Waals surface area contributed by atoms with Crippen LogP contribution in [-0.2, 0) is 4.79 Å². The Bertz CT molecular complexity index is 882. The molecule has 0 fully saturated rings. The highest BCUT2D eigenvalue weighted by Crippen LogP contribution is 2.28. The molecule has 0 aliphatic carbocycles. The third kappa shape index (κ3) is 4.11. The first-order chi connectivity index (χ1) is 12.6. The van der Waals surface area contributed by atoms with Crippen LogP contribution >= 0.6 is 11.3 Å². The van der Waals surface area contributed by atoms with Crippen molar-refractivity contribution in [1.82, 2.24) is 9.88 Å². The molecule has 1 atom stereocenters. The molecule has 26 heavy (non-hydrogen) atoms. The summed E-state index contributed by atoms with van der Waals surface area (Å²) in [5.74, 6) is 0.781. The predicted octanol–water partition coefficient (Wildman–Crippen LogP) is 4.93. The summed E-state index contributed by atoms with van der Waals surface area (Å²) in [4.78, 5) is 18.9. The fraction of sp³-hybridized carbons (Fsp3) is 0.238. The number of likely N-dealkylation sites (N-methyl/N-ethyl adjacent to an activating group) is 1. The quantitative estimate of drug-likeness (QED) is 0.581. The van der Waals surface area contributed by atoms with E-state index in [4.69, 9.17) is 4.74 Å². The van der Waals surface area contributed by atoms with Crippen molar-refractivity contribution in [2.24, 2.45) is 0 Å². The minimum atomic E-state index is -0.0788. The SMILES string of the molecule is CCOc1ccc(/C=C/C(=O)N(C)[C@H](C)c2nc3ccccc3s2)cc1. The highest BCUT2D eigenvalue weighted by Gasteiger charge is 2.19. The van der Waals surface area contributed by atoms with Gasteiger partial charge in [0.1, 0.15) is 10.8 Å². The summed E-state index contributed by atoms with van der Waals surface area (Å²) in [5.41, 5.74) is 1.94. The highest BCUT2D eigenvalue weighted by atomic mass is 32.1. The molecule has 1 heterocycles. The van der Waals surface area contributed by atoms with Crippen LogP contribution in [0.25, 0.3) is 16.3 Å². The lowest BCUT2D eigenvalue weighted by atomic mass is 10.2. The summed E-state index contributed by atoms with van der Waals surface area (Å²) in [6, 6.07) is 15.6. The summed E-state index contributed by atoms with van der Waals surface area (Å²) in [5, 5.41) is 0.941. The van der Waals surface area contributed by atoms with E-state index in [9.17, 15) is 4.79 Å². The zero-order chi connectivity index (χ0) is 18.5. The molecule has 0 N–H and O–H groups in total. The fourth-order valence-electron chi connectivity index (χ4n) is 2.55. The lowest BCUT2D eigenvalue weighted by Crippen LogP contribution is -2.27. The Morgan fingerprint density at radius 1 is 1.23 bits per heavy atom. The number of carbonyl (C=O) groups excluding carboxylic acids is 1. The number of carbonyl (C=O) groups is 1. The first-order valence-electron chi connectivity index (χ1n) is 8.61. The van der Waals surface area contributed by atoms with Crippen LogP contribution in [0.4, 0.5) is 0 Å². The Morgan fingerprint density at radius 3 is 2.65 bits per heavy atom. The van der Waals surface area contributed by atoms with E-state index in [1.54, 1.807) is 22.3 Å². The second-order valence-corrected chi connectivity index (χ2v) is 7.04. The third-order valence-corrected chi connectivity index (χ3v) is 5.41. The average Bonchev–Trinajstić information content (AvgIpc) is 3.10. The molecule has 1 aromatic heterocycles. The lowest BCUT2D eigenvalue weighted by Gasteiger charge is -2.21. The Balaban J connectivity index is 1.68. The van der Waals surface area contributed by atoms with Crippen LogP contribution in [0.5, 0.6) is 5.75 Å². The number of benzene rings is 2. The van der Waals surface area contributed by atoms with E-state index in [-0.39, 0.29) is 11.9 Å². The Kier molecular flexibility index (Phi) is 5.68. The van der Waals surface area contributed by atoms with Crippen molar-refractivity contribution in [1.29, 1.82) is 0 Å². The second kappa shape index (κ2) is 8.15. The monoisotopic (exact) mass is 366 g/mol. The van der Waals surface area contributed by atoms with Gasteiger partial charge in [-0.2, -0.15) is 0 Å². The summed E-state index contributed by atoms with van der Waals surface area (Å²) in [6.07, 6.45) is 3.42. The smallest absolute Gasteiger partial charge is 0.246 e. The van der Waals surface area contributed by atoms with Crippen molar-refractivity contribution in [3.8, 4) is 5.75 Å². The van der Waals surface area contributed by atoms with Gasteiger partial charge in [-0.25, -0.2) is 4.98 Å². The van der Waals surface area contributed by atoms with E-state index in [1.165, 1.54) is 0 Å². The topological polar surface area (TPSA) is 42.4 Å². The minimum absolute atomic E-state index is 0.0503.